The van der Waals surface area contributed by atoms with Gasteiger partial charge in [0.05, 0.1) is 0 Å². The van der Waals surface area contributed by atoms with Gasteiger partial charge in [0.2, 0.25) is 0 Å². The van der Waals surface area contributed by atoms with Crippen LogP contribution in [0, 0.1) is 5.41 Å². The van der Waals surface area contributed by atoms with Crippen molar-refractivity contribution in [1.29, 1.82) is 0 Å². The molecule has 0 fully saturated rings. The lowest BCUT2D eigenvalue weighted by atomic mass is 9.87. The average molecular weight is 290 g/mol. The van der Waals surface area contributed by atoms with Crippen molar-refractivity contribution in [2.24, 2.45) is 5.41 Å². The van der Waals surface area contributed by atoms with Crippen LogP contribution in [-0.2, 0) is 4.79 Å². The number of urea groups is 1. The summed E-state index contributed by atoms with van der Waals surface area (Å²) in [5.41, 5.74) is -0.523. The molecule has 0 aromatic rings. The maximum Gasteiger partial charge on any atom is 0.326 e. The molecule has 0 spiro atoms. The van der Waals surface area contributed by atoms with E-state index in [1.165, 1.54) is 0 Å². The summed E-state index contributed by atoms with van der Waals surface area (Å²) in [7, 11) is 0. The van der Waals surface area contributed by atoms with E-state index in [0.29, 0.717) is 0 Å². The quantitative estimate of drug-likeness (QED) is 0.629. The van der Waals surface area contributed by atoms with Crippen molar-refractivity contribution < 1.29 is 14.7 Å². The van der Waals surface area contributed by atoms with E-state index in [-0.39, 0.29) is 6.04 Å². The van der Waals surface area contributed by atoms with Crippen LogP contribution in [-0.4, -0.2) is 40.7 Å². The molecule has 0 aromatic heterocycles. The summed E-state index contributed by atoms with van der Waals surface area (Å²) in [6.07, 6.45) is 0.874. The largest absolute Gasteiger partial charge is 0.480 e. The first-order valence-electron chi connectivity index (χ1n) is 6.56. The van der Waals surface area contributed by atoms with Gasteiger partial charge in [0, 0.05) is 6.04 Å². The highest BCUT2D eigenvalue weighted by atomic mass is 32.2. The smallest absolute Gasteiger partial charge is 0.326 e. The van der Waals surface area contributed by atoms with E-state index in [1.54, 1.807) is 20.8 Å². The monoisotopic (exact) mass is 290 g/mol. The topological polar surface area (TPSA) is 78.4 Å². The van der Waals surface area contributed by atoms with Gasteiger partial charge in [-0.15, -0.1) is 0 Å². The van der Waals surface area contributed by atoms with Gasteiger partial charge >= 0.3 is 12.0 Å². The summed E-state index contributed by atoms with van der Waals surface area (Å²) in [6, 6.07) is -1.28. The SMILES string of the molecule is CCSCCC(C)NC(=O)N[C@@H](C(=O)O)C(C)(C)C. The average Bonchev–Trinajstić information content (AvgIpc) is 2.24. The van der Waals surface area contributed by atoms with Gasteiger partial charge in [-0.05, 0) is 30.3 Å². The van der Waals surface area contributed by atoms with Crippen LogP contribution in [0.15, 0.2) is 0 Å². The van der Waals surface area contributed by atoms with Gasteiger partial charge < -0.3 is 15.7 Å². The van der Waals surface area contributed by atoms with Gasteiger partial charge in [0.25, 0.3) is 0 Å². The molecule has 0 radical (unpaired) electrons. The Labute approximate surface area is 119 Å². The molecule has 0 aromatic carbocycles. The van der Waals surface area contributed by atoms with Crippen LogP contribution < -0.4 is 10.6 Å². The van der Waals surface area contributed by atoms with Gasteiger partial charge in [-0.1, -0.05) is 27.7 Å². The highest BCUT2D eigenvalue weighted by molar-refractivity contribution is 7.99. The molecule has 0 heterocycles. The zero-order chi connectivity index (χ0) is 15.1. The summed E-state index contributed by atoms with van der Waals surface area (Å²) in [4.78, 5) is 22.9. The minimum absolute atomic E-state index is 0.0356. The molecule has 0 aliphatic heterocycles. The van der Waals surface area contributed by atoms with Crippen LogP contribution in [0.25, 0.3) is 0 Å². The van der Waals surface area contributed by atoms with Crippen molar-refractivity contribution in [2.45, 2.75) is 53.1 Å². The van der Waals surface area contributed by atoms with E-state index in [2.05, 4.69) is 17.6 Å². The van der Waals surface area contributed by atoms with Gasteiger partial charge in [-0.25, -0.2) is 9.59 Å². The maximum atomic E-state index is 11.8. The van der Waals surface area contributed by atoms with E-state index in [4.69, 9.17) is 5.11 Å². The number of carboxylic acid groups (broad SMARTS) is 1. The molecule has 2 amide bonds. The molecule has 6 heteroatoms. The Bertz CT molecular complexity index is 303. The van der Waals surface area contributed by atoms with E-state index >= 15 is 0 Å². The third-order valence-electron chi connectivity index (χ3n) is 2.67. The molecule has 0 aliphatic carbocycles. The highest BCUT2D eigenvalue weighted by Crippen LogP contribution is 2.19. The second-order valence-electron chi connectivity index (χ2n) is 5.64. The zero-order valence-electron chi connectivity index (χ0n) is 12.4. The molecule has 112 valence electrons. The van der Waals surface area contributed by atoms with Gasteiger partial charge in [0.1, 0.15) is 6.04 Å². The Morgan fingerprint density at radius 2 is 1.84 bits per heavy atom. The van der Waals surface area contributed by atoms with Crippen LogP contribution >= 0.6 is 11.8 Å². The molecular formula is C13H26N2O3S. The number of carbonyl (C=O) groups excluding carboxylic acids is 1. The first kappa shape index (κ1) is 18.1. The van der Waals surface area contributed by atoms with Gasteiger partial charge in [-0.3, -0.25) is 0 Å². The molecule has 0 saturated heterocycles. The summed E-state index contributed by atoms with van der Waals surface area (Å²) in [5.74, 6) is 1.03. The fourth-order valence-electron chi connectivity index (χ4n) is 1.52. The van der Waals surface area contributed by atoms with Crippen molar-refractivity contribution in [2.75, 3.05) is 11.5 Å². The second-order valence-corrected chi connectivity index (χ2v) is 7.04. The summed E-state index contributed by atoms with van der Waals surface area (Å²) in [6.45, 7) is 9.37. The number of nitrogens with one attached hydrogen (secondary N) is 2. The Hall–Kier alpha value is -0.910. The molecule has 2 atom stereocenters. The van der Waals surface area contributed by atoms with Crippen LogP contribution in [0.4, 0.5) is 4.79 Å². The molecule has 3 N–H and O–H groups in total. The van der Waals surface area contributed by atoms with Crippen molar-refractivity contribution in [3.05, 3.63) is 0 Å². The van der Waals surface area contributed by atoms with Crippen molar-refractivity contribution in [3.8, 4) is 0 Å². The number of aliphatic carboxylic acids is 1. The van der Waals surface area contributed by atoms with Gasteiger partial charge in [0.15, 0.2) is 0 Å². The first-order valence-corrected chi connectivity index (χ1v) is 7.71. The lowest BCUT2D eigenvalue weighted by molar-refractivity contribution is -0.141. The number of hydrogen-bond donors (Lipinski definition) is 3. The number of rotatable bonds is 7. The summed E-state index contributed by atoms with van der Waals surface area (Å²) in [5, 5.41) is 14.4. The molecular weight excluding hydrogens is 264 g/mol. The predicted octanol–water partition coefficient (Wildman–Crippen LogP) is 2.32. The Kier molecular flexibility index (Phi) is 7.90. The fraction of sp³-hybridized carbons (Fsp3) is 0.846. The zero-order valence-corrected chi connectivity index (χ0v) is 13.3. The van der Waals surface area contributed by atoms with Crippen LogP contribution in [0.5, 0.6) is 0 Å². The van der Waals surface area contributed by atoms with Crippen LogP contribution in [0.1, 0.15) is 41.0 Å². The lowest BCUT2D eigenvalue weighted by Gasteiger charge is -2.28. The number of hydrogen-bond acceptors (Lipinski definition) is 3. The van der Waals surface area contributed by atoms with E-state index in [1.807, 2.05) is 18.7 Å². The third-order valence-corrected chi connectivity index (χ3v) is 3.60. The predicted molar refractivity (Wildman–Crippen MR) is 79.6 cm³/mol. The lowest BCUT2D eigenvalue weighted by Crippen LogP contribution is -2.53. The fourth-order valence-corrected chi connectivity index (χ4v) is 2.33. The summed E-state index contributed by atoms with van der Waals surface area (Å²) < 4.78 is 0. The van der Waals surface area contributed by atoms with E-state index in [0.717, 1.165) is 17.9 Å². The Balaban J connectivity index is 4.24. The highest BCUT2D eigenvalue weighted by Gasteiger charge is 2.32. The second kappa shape index (κ2) is 8.30. The normalized spacial score (nSPS) is 14.6. The third kappa shape index (κ3) is 7.97. The van der Waals surface area contributed by atoms with E-state index in [9.17, 15) is 9.59 Å². The molecule has 0 rings (SSSR count). The number of carboxylic acids is 1. The number of amides is 2. The minimum atomic E-state index is -1.02. The Morgan fingerprint density at radius 1 is 1.26 bits per heavy atom. The van der Waals surface area contributed by atoms with Crippen molar-refractivity contribution >= 4 is 23.8 Å². The number of thioether (sulfide) groups is 1. The maximum absolute atomic E-state index is 11.8. The van der Waals surface area contributed by atoms with Crippen LogP contribution in [0.2, 0.25) is 0 Å². The molecule has 0 bridgehead atoms. The van der Waals surface area contributed by atoms with Crippen LogP contribution in [0.3, 0.4) is 0 Å². The van der Waals surface area contributed by atoms with Crippen molar-refractivity contribution in [1.82, 2.24) is 10.6 Å². The molecule has 5 nitrogen and oxygen atoms in total. The number of carbonyl (C=O) groups is 2. The molecule has 0 aliphatic rings. The first-order chi connectivity index (χ1) is 8.68. The van der Waals surface area contributed by atoms with Crippen molar-refractivity contribution in [3.63, 3.8) is 0 Å². The Morgan fingerprint density at radius 3 is 2.26 bits per heavy atom. The molecule has 1 unspecified atom stereocenters. The molecule has 19 heavy (non-hydrogen) atoms. The standard InChI is InChI=1S/C13H26N2O3S/c1-6-19-8-7-9(2)14-12(18)15-10(11(16)17)13(3,4)5/h9-10H,6-8H2,1-5H3,(H,16,17)(H2,14,15,18)/t9?,10-/m0/s1. The van der Waals surface area contributed by atoms with E-state index < -0.39 is 23.5 Å². The summed E-state index contributed by atoms with van der Waals surface area (Å²) >= 11 is 1.82. The molecule has 0 saturated carbocycles. The van der Waals surface area contributed by atoms with Gasteiger partial charge in [-0.2, -0.15) is 11.8 Å². The minimum Gasteiger partial charge on any atom is -0.480 e.